The van der Waals surface area contributed by atoms with E-state index in [4.69, 9.17) is 27.9 Å². The summed E-state index contributed by atoms with van der Waals surface area (Å²) in [6.45, 7) is 2.64. The van der Waals surface area contributed by atoms with Gasteiger partial charge in [0.05, 0.1) is 16.3 Å². The van der Waals surface area contributed by atoms with Gasteiger partial charge >= 0.3 is 0 Å². The third-order valence-corrected chi connectivity index (χ3v) is 4.06. The number of anilines is 1. The topological polar surface area (TPSA) is 104 Å². The van der Waals surface area contributed by atoms with Crippen LogP contribution in [0.4, 0.5) is 5.69 Å². The zero-order chi connectivity index (χ0) is 17.5. The Morgan fingerprint density at radius 2 is 1.67 bits per heavy atom. The van der Waals surface area contributed by atoms with Crippen molar-refractivity contribution in [3.63, 3.8) is 0 Å². The number of benzene rings is 1. The number of nitrogens with zero attached hydrogens (tertiary/aromatic N) is 5. The fraction of sp³-hybridized carbons (Fsp3) is 0.235. The maximum atomic E-state index is 9.23. The lowest BCUT2D eigenvalue weighted by Crippen LogP contribution is -2.47. The Hall–Kier alpha value is -3.14. The van der Waals surface area contributed by atoms with Crippen molar-refractivity contribution in [2.45, 2.75) is 0 Å². The molecule has 1 aromatic rings. The summed E-state index contributed by atoms with van der Waals surface area (Å²) < 4.78 is 0. The van der Waals surface area contributed by atoms with Crippen LogP contribution in [0.15, 0.2) is 47.3 Å². The van der Waals surface area contributed by atoms with Gasteiger partial charge in [0.2, 0.25) is 0 Å². The van der Waals surface area contributed by atoms with Crippen molar-refractivity contribution >= 4 is 17.3 Å². The van der Waals surface area contributed by atoms with E-state index in [2.05, 4.69) is 4.90 Å². The van der Waals surface area contributed by atoms with Gasteiger partial charge in [-0.25, -0.2) is 0 Å². The minimum absolute atomic E-state index is 0.124. The van der Waals surface area contributed by atoms with Gasteiger partial charge < -0.3 is 15.5 Å². The molecular weight excluding hydrogens is 324 g/mol. The lowest BCUT2D eigenvalue weighted by molar-refractivity contribution is 0.317. The third kappa shape index (κ3) is 3.79. The molecule has 6 nitrogen and oxygen atoms in total. The number of hydrogen-bond acceptors (Lipinski definition) is 6. The molecule has 0 aliphatic carbocycles. The molecule has 0 aromatic heterocycles. The number of rotatable bonds is 3. The summed E-state index contributed by atoms with van der Waals surface area (Å²) in [5, 5.41) is 27.5. The van der Waals surface area contributed by atoms with Gasteiger partial charge in [-0.3, -0.25) is 0 Å². The van der Waals surface area contributed by atoms with Crippen LogP contribution in [0.1, 0.15) is 0 Å². The normalized spacial score (nSPS) is 14.8. The fourth-order valence-corrected chi connectivity index (χ4v) is 2.72. The van der Waals surface area contributed by atoms with Crippen LogP contribution in [0.25, 0.3) is 0 Å². The van der Waals surface area contributed by atoms with Crippen LogP contribution in [0.3, 0.4) is 0 Å². The Morgan fingerprint density at radius 1 is 1.04 bits per heavy atom. The number of nitrogens with two attached hydrogens (primary N) is 1. The fourth-order valence-electron chi connectivity index (χ4n) is 2.46. The molecule has 24 heavy (non-hydrogen) atoms. The first-order valence-electron chi connectivity index (χ1n) is 7.27. The zero-order valence-electron chi connectivity index (χ0n) is 12.9. The number of nitriles is 3. The molecule has 0 unspecified atom stereocenters. The monoisotopic (exact) mass is 338 g/mol. The van der Waals surface area contributed by atoms with Gasteiger partial charge in [0.25, 0.3) is 0 Å². The quantitative estimate of drug-likeness (QED) is 0.668. The van der Waals surface area contributed by atoms with Crippen LogP contribution >= 0.6 is 11.6 Å². The standard InChI is InChI=1S/C17H15ClN6/c18-15-3-1-2-4-16(15)23-5-7-24(8-6-23)17(22)14(12-21)9-13(10-19)11-20/h1-4,9H,5-8,22H2/b17-14+. The average molecular weight is 339 g/mol. The molecule has 0 saturated carbocycles. The second-order valence-corrected chi connectivity index (χ2v) is 5.53. The summed E-state index contributed by atoms with van der Waals surface area (Å²) in [6.07, 6.45) is 1.22. The summed E-state index contributed by atoms with van der Waals surface area (Å²) in [4.78, 5) is 4.03. The van der Waals surface area contributed by atoms with E-state index in [1.165, 1.54) is 6.08 Å². The molecule has 2 N–H and O–H groups in total. The highest BCUT2D eigenvalue weighted by Crippen LogP contribution is 2.26. The first kappa shape index (κ1) is 17.2. The van der Waals surface area contributed by atoms with Crippen LogP contribution in [-0.2, 0) is 0 Å². The minimum atomic E-state index is -0.149. The maximum Gasteiger partial charge on any atom is 0.131 e. The number of piperazine rings is 1. The van der Waals surface area contributed by atoms with Crippen molar-refractivity contribution in [3.05, 3.63) is 52.3 Å². The van der Waals surface area contributed by atoms with Crippen molar-refractivity contribution in [1.82, 2.24) is 4.90 Å². The molecule has 1 aromatic carbocycles. The van der Waals surface area contributed by atoms with Gasteiger partial charge in [-0.15, -0.1) is 0 Å². The number of hydrogen-bond donors (Lipinski definition) is 1. The van der Waals surface area contributed by atoms with E-state index in [0.717, 1.165) is 5.69 Å². The minimum Gasteiger partial charge on any atom is -0.384 e. The van der Waals surface area contributed by atoms with E-state index in [9.17, 15) is 5.26 Å². The molecule has 0 bridgehead atoms. The number of para-hydroxylation sites is 1. The Labute approximate surface area is 145 Å². The van der Waals surface area contributed by atoms with Gasteiger partial charge in [-0.2, -0.15) is 15.8 Å². The smallest absolute Gasteiger partial charge is 0.131 e. The molecule has 0 radical (unpaired) electrons. The Bertz CT molecular complexity index is 782. The van der Waals surface area contributed by atoms with Gasteiger partial charge in [0.15, 0.2) is 0 Å². The van der Waals surface area contributed by atoms with Crippen molar-refractivity contribution in [2.24, 2.45) is 5.73 Å². The first-order valence-corrected chi connectivity index (χ1v) is 7.64. The van der Waals surface area contributed by atoms with E-state index >= 15 is 0 Å². The molecule has 1 aliphatic heterocycles. The summed E-state index contributed by atoms with van der Waals surface area (Å²) in [6, 6.07) is 13.0. The molecular formula is C17H15ClN6. The molecule has 0 atom stereocenters. The lowest BCUT2D eigenvalue weighted by Gasteiger charge is -2.37. The molecule has 7 heteroatoms. The molecule has 1 heterocycles. The summed E-state index contributed by atoms with van der Waals surface area (Å²) >= 11 is 6.22. The van der Waals surface area contributed by atoms with E-state index < -0.39 is 0 Å². The highest BCUT2D eigenvalue weighted by atomic mass is 35.5. The second-order valence-electron chi connectivity index (χ2n) is 5.12. The van der Waals surface area contributed by atoms with Gasteiger partial charge in [-0.1, -0.05) is 23.7 Å². The van der Waals surface area contributed by atoms with E-state index in [1.54, 1.807) is 12.1 Å². The SMILES string of the molecule is N#CC(C#N)=C/C(C#N)=C(/N)N1CCN(c2ccccc2Cl)CC1. The Kier molecular flexibility index (Phi) is 5.68. The predicted octanol–water partition coefficient (Wildman–Crippen LogP) is 2.13. The van der Waals surface area contributed by atoms with E-state index in [0.29, 0.717) is 31.2 Å². The maximum absolute atomic E-state index is 9.23. The highest BCUT2D eigenvalue weighted by Gasteiger charge is 2.20. The highest BCUT2D eigenvalue weighted by molar-refractivity contribution is 6.33. The summed E-state index contributed by atoms with van der Waals surface area (Å²) in [5.74, 6) is 0.277. The van der Waals surface area contributed by atoms with Crippen LogP contribution in [-0.4, -0.2) is 31.1 Å². The molecule has 0 amide bonds. The van der Waals surface area contributed by atoms with Gasteiger partial charge in [0.1, 0.15) is 29.6 Å². The average Bonchev–Trinajstić information content (AvgIpc) is 2.63. The summed E-state index contributed by atoms with van der Waals surface area (Å²) in [5.41, 5.74) is 7.00. The van der Waals surface area contributed by atoms with E-state index in [-0.39, 0.29) is 17.0 Å². The molecule has 1 saturated heterocycles. The van der Waals surface area contributed by atoms with Crippen LogP contribution in [0.5, 0.6) is 0 Å². The molecule has 120 valence electrons. The van der Waals surface area contributed by atoms with Crippen LogP contribution < -0.4 is 10.6 Å². The van der Waals surface area contributed by atoms with E-state index in [1.807, 2.05) is 35.2 Å². The van der Waals surface area contributed by atoms with Crippen molar-refractivity contribution in [3.8, 4) is 18.2 Å². The van der Waals surface area contributed by atoms with Gasteiger partial charge in [0, 0.05) is 26.2 Å². The largest absolute Gasteiger partial charge is 0.384 e. The zero-order valence-corrected chi connectivity index (χ0v) is 13.7. The molecule has 1 aliphatic rings. The predicted molar refractivity (Wildman–Crippen MR) is 91.4 cm³/mol. The molecule has 1 fully saturated rings. The summed E-state index contributed by atoms with van der Waals surface area (Å²) in [7, 11) is 0. The number of halogens is 1. The third-order valence-electron chi connectivity index (χ3n) is 3.74. The first-order chi connectivity index (χ1) is 11.6. The van der Waals surface area contributed by atoms with Gasteiger partial charge in [-0.05, 0) is 18.2 Å². The Balaban J connectivity index is 2.14. The second kappa shape index (κ2) is 7.92. The molecule has 0 spiro atoms. The van der Waals surface area contributed by atoms with Crippen LogP contribution in [0.2, 0.25) is 5.02 Å². The Morgan fingerprint density at radius 3 is 2.21 bits per heavy atom. The van der Waals surface area contributed by atoms with Crippen molar-refractivity contribution < 1.29 is 0 Å². The van der Waals surface area contributed by atoms with Crippen molar-refractivity contribution in [1.29, 1.82) is 15.8 Å². The molecule has 2 rings (SSSR count). The van der Waals surface area contributed by atoms with Crippen molar-refractivity contribution in [2.75, 3.05) is 31.1 Å². The van der Waals surface area contributed by atoms with Crippen LogP contribution in [0, 0.1) is 34.0 Å². The number of allylic oxidation sites excluding steroid dienone is 3. The lowest BCUT2D eigenvalue weighted by atomic mass is 10.1.